The van der Waals surface area contributed by atoms with Gasteiger partial charge in [0.1, 0.15) is 0 Å². The highest BCUT2D eigenvalue weighted by molar-refractivity contribution is 4.68. The topological polar surface area (TPSA) is 38.0 Å². The van der Waals surface area contributed by atoms with E-state index in [1.807, 2.05) is 0 Å². The fourth-order valence-corrected chi connectivity index (χ4v) is 0.564. The molecule has 0 aromatic heterocycles. The van der Waals surface area contributed by atoms with E-state index in [1.54, 1.807) is 0 Å². The third-order valence-electron chi connectivity index (χ3n) is 1.33. The molecule has 0 heterocycles. The molecule has 2 heteroatoms. The van der Waals surface area contributed by atoms with E-state index < -0.39 is 0 Å². The summed E-state index contributed by atoms with van der Waals surface area (Å²) in [7, 11) is 0. The normalized spacial score (nSPS) is 15.3. The molecular weight excluding hydrogens is 124 g/mol. The van der Waals surface area contributed by atoms with E-state index >= 15 is 0 Å². The summed E-state index contributed by atoms with van der Waals surface area (Å²) < 4.78 is 0. The van der Waals surface area contributed by atoms with Crippen molar-refractivity contribution >= 4 is 0 Å². The van der Waals surface area contributed by atoms with Gasteiger partial charge in [-0.3, -0.25) is 0 Å². The van der Waals surface area contributed by atoms with Crippen LogP contribution in [0.5, 0.6) is 0 Å². The van der Waals surface area contributed by atoms with Gasteiger partial charge in [0.2, 0.25) is 0 Å². The quantitative estimate of drug-likeness (QED) is 0.619. The molecule has 10 heavy (non-hydrogen) atoms. The fourth-order valence-electron chi connectivity index (χ4n) is 0.564. The Morgan fingerprint density at radius 2 is 1.90 bits per heavy atom. The molecule has 0 rings (SSSR count). The van der Waals surface area contributed by atoms with Crippen molar-refractivity contribution < 1.29 is 0 Å². The van der Waals surface area contributed by atoms with Crippen LogP contribution < -0.4 is 11.1 Å². The fraction of sp³-hybridized carbons (Fsp3) is 1.00. The number of hydrogen-bond donors (Lipinski definition) is 2. The molecule has 0 fully saturated rings. The second kappa shape index (κ2) is 3.94. The zero-order chi connectivity index (χ0) is 8.20. The van der Waals surface area contributed by atoms with Crippen molar-refractivity contribution in [3.63, 3.8) is 0 Å². The van der Waals surface area contributed by atoms with E-state index in [-0.39, 0.29) is 0 Å². The van der Waals surface area contributed by atoms with Crippen molar-refractivity contribution in [3.8, 4) is 0 Å². The van der Waals surface area contributed by atoms with Gasteiger partial charge in [-0.15, -0.1) is 0 Å². The summed E-state index contributed by atoms with van der Waals surface area (Å²) in [4.78, 5) is 0. The Hall–Kier alpha value is -0.0800. The standard InChI is InChI=1S/C8H20N2/c1-7(5-9)10-6-8(2,3)4/h7,10H,5-6,9H2,1-4H3/t7-/m0/s1. The summed E-state index contributed by atoms with van der Waals surface area (Å²) >= 11 is 0. The van der Waals surface area contributed by atoms with Crippen molar-refractivity contribution in [2.24, 2.45) is 11.1 Å². The summed E-state index contributed by atoms with van der Waals surface area (Å²) in [5, 5.41) is 3.35. The minimum Gasteiger partial charge on any atom is -0.329 e. The minimum absolute atomic E-state index is 0.365. The third-order valence-corrected chi connectivity index (χ3v) is 1.33. The van der Waals surface area contributed by atoms with Gasteiger partial charge >= 0.3 is 0 Å². The van der Waals surface area contributed by atoms with Crippen molar-refractivity contribution in [1.82, 2.24) is 5.32 Å². The number of nitrogens with one attached hydrogen (secondary N) is 1. The lowest BCUT2D eigenvalue weighted by atomic mass is 9.97. The van der Waals surface area contributed by atoms with Crippen LogP contribution in [0.25, 0.3) is 0 Å². The third kappa shape index (κ3) is 6.05. The van der Waals surface area contributed by atoms with Gasteiger partial charge in [-0.2, -0.15) is 0 Å². The molecule has 62 valence electrons. The summed E-state index contributed by atoms with van der Waals surface area (Å²) in [6, 6.07) is 0.444. The molecule has 0 radical (unpaired) electrons. The van der Waals surface area contributed by atoms with Crippen LogP contribution in [0, 0.1) is 5.41 Å². The van der Waals surface area contributed by atoms with Crippen molar-refractivity contribution in [2.75, 3.05) is 13.1 Å². The molecule has 0 aliphatic rings. The molecule has 0 amide bonds. The Kier molecular flexibility index (Phi) is 3.91. The van der Waals surface area contributed by atoms with Gasteiger partial charge < -0.3 is 11.1 Å². The minimum atomic E-state index is 0.365. The lowest BCUT2D eigenvalue weighted by Crippen LogP contribution is -2.38. The largest absolute Gasteiger partial charge is 0.329 e. The molecule has 0 aliphatic carbocycles. The molecule has 0 saturated heterocycles. The number of nitrogens with two attached hydrogens (primary N) is 1. The molecule has 0 aromatic carbocycles. The van der Waals surface area contributed by atoms with Crippen LogP contribution in [0.4, 0.5) is 0 Å². The van der Waals surface area contributed by atoms with E-state index in [4.69, 9.17) is 5.73 Å². The van der Waals surface area contributed by atoms with Crippen LogP contribution >= 0.6 is 0 Å². The highest BCUT2D eigenvalue weighted by atomic mass is 14.9. The maximum atomic E-state index is 5.44. The lowest BCUT2D eigenvalue weighted by molar-refractivity contribution is 0.359. The maximum absolute atomic E-state index is 5.44. The first-order valence-corrected chi connectivity index (χ1v) is 3.89. The first-order chi connectivity index (χ1) is 4.45. The zero-order valence-corrected chi connectivity index (χ0v) is 7.57. The van der Waals surface area contributed by atoms with E-state index in [1.165, 1.54) is 0 Å². The Bertz CT molecular complexity index is 83.7. The molecular formula is C8H20N2. The van der Waals surface area contributed by atoms with Gasteiger partial charge in [0.05, 0.1) is 0 Å². The first kappa shape index (κ1) is 9.92. The maximum Gasteiger partial charge on any atom is 0.0162 e. The molecule has 0 aliphatic heterocycles. The molecule has 0 spiro atoms. The summed E-state index contributed by atoms with van der Waals surface area (Å²) in [5.41, 5.74) is 5.80. The Labute approximate surface area is 64.2 Å². The van der Waals surface area contributed by atoms with Gasteiger partial charge in [0.15, 0.2) is 0 Å². The predicted octanol–water partition coefficient (Wildman–Crippen LogP) is 0.969. The van der Waals surface area contributed by atoms with Crippen molar-refractivity contribution in [3.05, 3.63) is 0 Å². The van der Waals surface area contributed by atoms with Gasteiger partial charge in [-0.1, -0.05) is 20.8 Å². The van der Waals surface area contributed by atoms with Gasteiger partial charge in [0.25, 0.3) is 0 Å². The summed E-state index contributed by atoms with van der Waals surface area (Å²) in [6.07, 6.45) is 0. The Balaban J connectivity index is 3.36. The average Bonchev–Trinajstić information content (AvgIpc) is 1.81. The SMILES string of the molecule is C[C@@H](CN)NCC(C)(C)C. The van der Waals surface area contributed by atoms with Crippen LogP contribution in [-0.4, -0.2) is 19.1 Å². The van der Waals surface area contributed by atoms with Crippen LogP contribution in [0.1, 0.15) is 27.7 Å². The first-order valence-electron chi connectivity index (χ1n) is 3.89. The van der Waals surface area contributed by atoms with E-state index in [2.05, 4.69) is 33.0 Å². The van der Waals surface area contributed by atoms with E-state index in [0.717, 1.165) is 13.1 Å². The van der Waals surface area contributed by atoms with Gasteiger partial charge in [-0.25, -0.2) is 0 Å². The number of rotatable bonds is 3. The van der Waals surface area contributed by atoms with Crippen LogP contribution in [0.2, 0.25) is 0 Å². The Morgan fingerprint density at radius 3 is 2.20 bits per heavy atom. The molecule has 0 aromatic rings. The smallest absolute Gasteiger partial charge is 0.0162 e. The highest BCUT2D eigenvalue weighted by Crippen LogP contribution is 2.10. The van der Waals surface area contributed by atoms with Gasteiger partial charge in [0, 0.05) is 19.1 Å². The zero-order valence-electron chi connectivity index (χ0n) is 7.57. The lowest BCUT2D eigenvalue weighted by Gasteiger charge is -2.21. The van der Waals surface area contributed by atoms with Crippen molar-refractivity contribution in [2.45, 2.75) is 33.7 Å². The monoisotopic (exact) mass is 144 g/mol. The predicted molar refractivity (Wildman–Crippen MR) is 46.0 cm³/mol. The average molecular weight is 144 g/mol. The van der Waals surface area contributed by atoms with E-state index in [0.29, 0.717) is 11.5 Å². The van der Waals surface area contributed by atoms with E-state index in [9.17, 15) is 0 Å². The van der Waals surface area contributed by atoms with Crippen molar-refractivity contribution in [1.29, 1.82) is 0 Å². The molecule has 2 nitrogen and oxygen atoms in total. The second-order valence-corrected chi connectivity index (χ2v) is 4.08. The Morgan fingerprint density at radius 1 is 1.40 bits per heavy atom. The molecule has 1 atom stereocenters. The van der Waals surface area contributed by atoms with Crippen LogP contribution in [0.15, 0.2) is 0 Å². The van der Waals surface area contributed by atoms with Gasteiger partial charge in [-0.05, 0) is 12.3 Å². The summed E-state index contributed by atoms with van der Waals surface area (Å²) in [5.74, 6) is 0. The number of hydrogen-bond acceptors (Lipinski definition) is 2. The van der Waals surface area contributed by atoms with Crippen LogP contribution in [0.3, 0.4) is 0 Å². The molecule has 0 unspecified atom stereocenters. The second-order valence-electron chi connectivity index (χ2n) is 4.08. The van der Waals surface area contributed by atoms with Crippen LogP contribution in [-0.2, 0) is 0 Å². The molecule has 3 N–H and O–H groups in total. The summed E-state index contributed by atoms with van der Waals surface area (Å²) in [6.45, 7) is 10.5. The molecule has 0 saturated carbocycles. The highest BCUT2D eigenvalue weighted by Gasteiger charge is 2.10. The molecule has 0 bridgehead atoms.